The summed E-state index contributed by atoms with van der Waals surface area (Å²) in [6.07, 6.45) is 3.89. The van der Waals surface area contributed by atoms with Crippen LogP contribution in [0, 0.1) is 5.92 Å². The summed E-state index contributed by atoms with van der Waals surface area (Å²) >= 11 is 0. The molecule has 3 rings (SSSR count). The van der Waals surface area contributed by atoms with Crippen molar-refractivity contribution >= 4 is 0 Å². The SMILES string of the molecule is C1C[C@H]2CN(C3CCOCC3)C[C@H]2N1. The van der Waals surface area contributed by atoms with Crippen molar-refractivity contribution in [3.63, 3.8) is 0 Å². The summed E-state index contributed by atoms with van der Waals surface area (Å²) in [7, 11) is 0. The van der Waals surface area contributed by atoms with Gasteiger partial charge in [0.15, 0.2) is 0 Å². The highest BCUT2D eigenvalue weighted by Gasteiger charge is 2.38. The zero-order valence-electron chi connectivity index (χ0n) is 8.74. The summed E-state index contributed by atoms with van der Waals surface area (Å²) < 4.78 is 5.41. The smallest absolute Gasteiger partial charge is 0.0480 e. The fourth-order valence-electron chi connectivity index (χ4n) is 3.23. The van der Waals surface area contributed by atoms with Crippen LogP contribution >= 0.6 is 0 Å². The van der Waals surface area contributed by atoms with Crippen LogP contribution < -0.4 is 5.32 Å². The minimum absolute atomic E-state index is 0.804. The molecule has 0 spiro atoms. The van der Waals surface area contributed by atoms with Crippen LogP contribution in [0.1, 0.15) is 19.3 Å². The number of likely N-dealkylation sites (tertiary alicyclic amines) is 1. The molecule has 3 aliphatic rings. The van der Waals surface area contributed by atoms with E-state index in [1.165, 1.54) is 38.9 Å². The fourth-order valence-corrected chi connectivity index (χ4v) is 3.23. The van der Waals surface area contributed by atoms with E-state index < -0.39 is 0 Å². The summed E-state index contributed by atoms with van der Waals surface area (Å²) in [5.74, 6) is 0.942. The first-order chi connectivity index (χ1) is 6.93. The topological polar surface area (TPSA) is 24.5 Å². The molecular formula is C11H20N2O. The number of hydrogen-bond donors (Lipinski definition) is 1. The fraction of sp³-hybridized carbons (Fsp3) is 1.00. The number of fused-ring (bicyclic) bond motifs is 1. The Kier molecular flexibility index (Phi) is 2.48. The minimum atomic E-state index is 0.804. The van der Waals surface area contributed by atoms with Gasteiger partial charge in [-0.3, -0.25) is 4.90 Å². The molecule has 3 heteroatoms. The lowest BCUT2D eigenvalue weighted by Crippen LogP contribution is -2.40. The number of hydrogen-bond acceptors (Lipinski definition) is 3. The Morgan fingerprint density at radius 3 is 2.71 bits per heavy atom. The van der Waals surface area contributed by atoms with Gasteiger partial charge in [0, 0.05) is 38.4 Å². The molecule has 80 valence electrons. The number of rotatable bonds is 1. The molecule has 3 fully saturated rings. The van der Waals surface area contributed by atoms with Gasteiger partial charge >= 0.3 is 0 Å². The molecule has 1 N–H and O–H groups in total. The molecule has 0 radical (unpaired) electrons. The molecule has 14 heavy (non-hydrogen) atoms. The van der Waals surface area contributed by atoms with Gasteiger partial charge in [0.2, 0.25) is 0 Å². The third kappa shape index (κ3) is 1.58. The Balaban J connectivity index is 1.59. The summed E-state index contributed by atoms with van der Waals surface area (Å²) in [6, 6.07) is 1.62. The molecule has 0 aliphatic carbocycles. The molecule has 0 amide bonds. The third-order valence-electron chi connectivity index (χ3n) is 4.10. The average Bonchev–Trinajstić information content (AvgIpc) is 2.78. The maximum atomic E-state index is 5.41. The lowest BCUT2D eigenvalue weighted by atomic mass is 10.1. The molecule has 0 saturated carbocycles. The normalized spacial score (nSPS) is 40.3. The first-order valence-electron chi connectivity index (χ1n) is 5.98. The molecule has 3 saturated heterocycles. The van der Waals surface area contributed by atoms with E-state index in [2.05, 4.69) is 10.2 Å². The van der Waals surface area contributed by atoms with E-state index in [-0.39, 0.29) is 0 Å². The second kappa shape index (κ2) is 3.80. The summed E-state index contributed by atoms with van der Waals surface area (Å²) in [5, 5.41) is 3.61. The number of nitrogens with one attached hydrogen (secondary N) is 1. The molecule has 3 heterocycles. The summed E-state index contributed by atoms with van der Waals surface area (Å²) in [5.41, 5.74) is 0. The van der Waals surface area contributed by atoms with E-state index in [9.17, 15) is 0 Å². The van der Waals surface area contributed by atoms with Gasteiger partial charge in [-0.15, -0.1) is 0 Å². The van der Waals surface area contributed by atoms with Crippen molar-refractivity contribution in [2.24, 2.45) is 5.92 Å². The largest absolute Gasteiger partial charge is 0.381 e. The van der Waals surface area contributed by atoms with E-state index >= 15 is 0 Å². The van der Waals surface area contributed by atoms with Crippen LogP contribution in [0.15, 0.2) is 0 Å². The van der Waals surface area contributed by atoms with Crippen LogP contribution in [-0.2, 0) is 4.74 Å². The quantitative estimate of drug-likeness (QED) is 0.659. The Morgan fingerprint density at radius 1 is 1.07 bits per heavy atom. The predicted molar refractivity (Wildman–Crippen MR) is 55.3 cm³/mol. The van der Waals surface area contributed by atoms with E-state index in [1.807, 2.05) is 0 Å². The van der Waals surface area contributed by atoms with Gasteiger partial charge in [-0.25, -0.2) is 0 Å². The molecule has 0 aromatic rings. The molecule has 0 bridgehead atoms. The Bertz CT molecular complexity index is 191. The van der Waals surface area contributed by atoms with E-state index in [0.29, 0.717) is 0 Å². The lowest BCUT2D eigenvalue weighted by Gasteiger charge is -2.31. The van der Waals surface area contributed by atoms with E-state index in [1.54, 1.807) is 0 Å². The van der Waals surface area contributed by atoms with Gasteiger partial charge in [-0.1, -0.05) is 0 Å². The van der Waals surface area contributed by atoms with Gasteiger partial charge in [0.1, 0.15) is 0 Å². The van der Waals surface area contributed by atoms with E-state index in [0.717, 1.165) is 31.2 Å². The molecule has 0 aromatic carbocycles. The van der Waals surface area contributed by atoms with Crippen LogP contribution in [-0.4, -0.2) is 49.8 Å². The van der Waals surface area contributed by atoms with Crippen LogP contribution in [0.4, 0.5) is 0 Å². The highest BCUT2D eigenvalue weighted by atomic mass is 16.5. The Morgan fingerprint density at radius 2 is 1.93 bits per heavy atom. The zero-order valence-corrected chi connectivity index (χ0v) is 8.74. The standard InChI is InChI=1S/C11H20N2O/c1-4-12-11-8-13(7-9(1)11)10-2-5-14-6-3-10/h9-12H,1-8H2/t9-,11+/m0/s1. The van der Waals surface area contributed by atoms with Crippen molar-refractivity contribution < 1.29 is 4.74 Å². The van der Waals surface area contributed by atoms with Crippen molar-refractivity contribution in [2.45, 2.75) is 31.3 Å². The van der Waals surface area contributed by atoms with Crippen LogP contribution in [0.25, 0.3) is 0 Å². The van der Waals surface area contributed by atoms with Crippen molar-refractivity contribution in [3.05, 3.63) is 0 Å². The second-order valence-corrected chi connectivity index (χ2v) is 4.91. The van der Waals surface area contributed by atoms with Gasteiger partial charge in [0.05, 0.1) is 0 Å². The minimum Gasteiger partial charge on any atom is -0.381 e. The van der Waals surface area contributed by atoms with Crippen LogP contribution in [0.5, 0.6) is 0 Å². The molecule has 3 nitrogen and oxygen atoms in total. The average molecular weight is 196 g/mol. The zero-order chi connectivity index (χ0) is 9.38. The lowest BCUT2D eigenvalue weighted by molar-refractivity contribution is 0.0402. The maximum absolute atomic E-state index is 5.41. The molecular weight excluding hydrogens is 176 g/mol. The van der Waals surface area contributed by atoms with Crippen LogP contribution in [0.3, 0.4) is 0 Å². The molecule has 0 unspecified atom stereocenters. The monoisotopic (exact) mass is 196 g/mol. The highest BCUT2D eigenvalue weighted by molar-refractivity contribution is 4.96. The van der Waals surface area contributed by atoms with Crippen molar-refractivity contribution in [3.8, 4) is 0 Å². The number of ether oxygens (including phenoxy) is 1. The van der Waals surface area contributed by atoms with Crippen molar-refractivity contribution in [1.82, 2.24) is 10.2 Å². The van der Waals surface area contributed by atoms with Crippen molar-refractivity contribution in [1.29, 1.82) is 0 Å². The maximum Gasteiger partial charge on any atom is 0.0480 e. The van der Waals surface area contributed by atoms with Gasteiger partial charge in [-0.2, -0.15) is 0 Å². The van der Waals surface area contributed by atoms with Gasteiger partial charge in [-0.05, 0) is 31.7 Å². The molecule has 2 atom stereocenters. The second-order valence-electron chi connectivity index (χ2n) is 4.91. The van der Waals surface area contributed by atoms with Gasteiger partial charge in [0.25, 0.3) is 0 Å². The van der Waals surface area contributed by atoms with Gasteiger partial charge < -0.3 is 10.1 Å². The predicted octanol–water partition coefficient (Wildman–Crippen LogP) is 0.459. The Labute approximate surface area is 85.8 Å². The molecule has 3 aliphatic heterocycles. The van der Waals surface area contributed by atoms with Crippen LogP contribution in [0.2, 0.25) is 0 Å². The highest BCUT2D eigenvalue weighted by Crippen LogP contribution is 2.28. The Hall–Kier alpha value is -0.120. The first kappa shape index (κ1) is 9.13. The summed E-state index contributed by atoms with van der Waals surface area (Å²) in [4.78, 5) is 2.70. The third-order valence-corrected chi connectivity index (χ3v) is 4.10. The van der Waals surface area contributed by atoms with E-state index in [4.69, 9.17) is 4.74 Å². The first-order valence-corrected chi connectivity index (χ1v) is 5.98. The molecule has 0 aromatic heterocycles. The van der Waals surface area contributed by atoms with Crippen molar-refractivity contribution in [2.75, 3.05) is 32.8 Å². The summed E-state index contributed by atoms with van der Waals surface area (Å²) in [6.45, 7) is 5.82. The number of nitrogens with zero attached hydrogens (tertiary/aromatic N) is 1.